The van der Waals surface area contributed by atoms with Crippen molar-refractivity contribution in [3.05, 3.63) is 35.9 Å². The second-order valence-corrected chi connectivity index (χ2v) is 6.29. The first-order valence-electron chi connectivity index (χ1n) is 7.48. The number of amides is 1. The molecule has 1 aromatic carbocycles. The lowest BCUT2D eigenvalue weighted by Crippen LogP contribution is -2.48. The summed E-state index contributed by atoms with van der Waals surface area (Å²) in [5.41, 5.74) is -2.73. The van der Waals surface area contributed by atoms with Gasteiger partial charge in [0, 0.05) is 0 Å². The number of hydrogen-bond acceptors (Lipinski definition) is 4. The Morgan fingerprint density at radius 1 is 1.17 bits per heavy atom. The highest BCUT2D eigenvalue weighted by Crippen LogP contribution is 2.31. The van der Waals surface area contributed by atoms with Crippen molar-refractivity contribution < 1.29 is 23.5 Å². The summed E-state index contributed by atoms with van der Waals surface area (Å²) in [6, 6.07) is 7.17. The van der Waals surface area contributed by atoms with Gasteiger partial charge in [-0.15, -0.1) is 0 Å². The molecule has 1 N–H and O–H groups in total. The van der Waals surface area contributed by atoms with Crippen LogP contribution < -0.4 is 5.32 Å². The number of halogens is 1. The molecule has 0 aliphatic carbocycles. The second-order valence-electron chi connectivity index (χ2n) is 6.29. The third-order valence-corrected chi connectivity index (χ3v) is 3.01. The Morgan fingerprint density at radius 2 is 1.74 bits per heavy atom. The number of ether oxygens (including phenoxy) is 2. The number of nitrogens with one attached hydrogen (secondary N) is 1. The maximum Gasteiger partial charge on any atom is 0.408 e. The van der Waals surface area contributed by atoms with E-state index < -0.39 is 29.4 Å². The zero-order valence-corrected chi connectivity index (χ0v) is 14.2. The van der Waals surface area contributed by atoms with Crippen LogP contribution in [0.25, 0.3) is 0 Å². The van der Waals surface area contributed by atoms with Crippen molar-refractivity contribution >= 4 is 12.1 Å². The van der Waals surface area contributed by atoms with Gasteiger partial charge >= 0.3 is 12.1 Å². The first kappa shape index (κ1) is 18.9. The van der Waals surface area contributed by atoms with E-state index >= 15 is 4.39 Å². The Morgan fingerprint density at radius 3 is 2.22 bits per heavy atom. The van der Waals surface area contributed by atoms with Gasteiger partial charge in [0.2, 0.25) is 5.67 Å². The first-order chi connectivity index (χ1) is 10.6. The van der Waals surface area contributed by atoms with Crippen LogP contribution in [0.1, 0.15) is 46.2 Å². The van der Waals surface area contributed by atoms with Gasteiger partial charge in [-0.05, 0) is 40.2 Å². The highest BCUT2D eigenvalue weighted by atomic mass is 19.1. The van der Waals surface area contributed by atoms with Crippen LogP contribution in [0.3, 0.4) is 0 Å². The smallest absolute Gasteiger partial charge is 0.408 e. The van der Waals surface area contributed by atoms with Crippen LogP contribution in [0, 0.1) is 0 Å². The van der Waals surface area contributed by atoms with E-state index in [0.717, 1.165) is 6.92 Å². The molecule has 0 saturated heterocycles. The molecule has 0 aromatic heterocycles. The zero-order valence-electron chi connectivity index (χ0n) is 14.2. The fraction of sp³-hybridized carbons (Fsp3) is 0.529. The van der Waals surface area contributed by atoms with E-state index in [0.29, 0.717) is 5.56 Å². The molecule has 0 saturated carbocycles. The van der Waals surface area contributed by atoms with E-state index in [4.69, 9.17) is 9.47 Å². The predicted molar refractivity (Wildman–Crippen MR) is 84.7 cm³/mol. The molecule has 2 atom stereocenters. The number of alkyl halides is 1. The highest BCUT2D eigenvalue weighted by Gasteiger charge is 2.45. The van der Waals surface area contributed by atoms with Crippen LogP contribution in [0.2, 0.25) is 0 Å². The molecule has 1 aromatic rings. The summed E-state index contributed by atoms with van der Waals surface area (Å²) in [6.07, 6.45) is -0.806. The standard InChI is InChI=1S/C17H24FNO4/c1-6-22-14(20)17(5,18)13(12-10-8-7-9-11-12)19-15(21)23-16(2,3)4/h7-11,13H,6H2,1-5H3,(H,19,21). The molecule has 128 valence electrons. The summed E-state index contributed by atoms with van der Waals surface area (Å²) in [7, 11) is 0. The van der Waals surface area contributed by atoms with E-state index in [1.165, 1.54) is 0 Å². The lowest BCUT2D eigenvalue weighted by molar-refractivity contribution is -0.158. The topological polar surface area (TPSA) is 64.6 Å². The minimum Gasteiger partial charge on any atom is -0.464 e. The quantitative estimate of drug-likeness (QED) is 0.841. The average Bonchev–Trinajstić information content (AvgIpc) is 2.44. The van der Waals surface area contributed by atoms with E-state index in [1.807, 2.05) is 0 Å². The Kier molecular flexibility index (Phi) is 6.12. The summed E-state index contributed by atoms with van der Waals surface area (Å²) in [5, 5.41) is 2.43. The van der Waals surface area contributed by atoms with Crippen molar-refractivity contribution in [2.24, 2.45) is 0 Å². The van der Waals surface area contributed by atoms with Crippen LogP contribution in [0.4, 0.5) is 9.18 Å². The van der Waals surface area contributed by atoms with Gasteiger partial charge in [0.15, 0.2) is 0 Å². The minimum absolute atomic E-state index is 0.0479. The Balaban J connectivity index is 3.08. The Labute approximate surface area is 136 Å². The van der Waals surface area contributed by atoms with Crippen LogP contribution in [-0.4, -0.2) is 29.9 Å². The average molecular weight is 325 g/mol. The zero-order chi connectivity index (χ0) is 17.7. The number of carbonyl (C=O) groups excluding carboxylic acids is 2. The van der Waals surface area contributed by atoms with E-state index in [1.54, 1.807) is 58.0 Å². The van der Waals surface area contributed by atoms with Crippen molar-refractivity contribution in [3.8, 4) is 0 Å². The normalized spacial score (nSPS) is 15.2. The van der Waals surface area contributed by atoms with Crippen molar-refractivity contribution in [2.45, 2.75) is 51.9 Å². The number of hydrogen-bond donors (Lipinski definition) is 1. The van der Waals surface area contributed by atoms with Gasteiger partial charge < -0.3 is 14.8 Å². The monoisotopic (exact) mass is 325 g/mol. The molecular formula is C17H24FNO4. The summed E-state index contributed by atoms with van der Waals surface area (Å²) in [6.45, 7) is 7.82. The van der Waals surface area contributed by atoms with E-state index in [9.17, 15) is 9.59 Å². The van der Waals surface area contributed by atoms with Crippen molar-refractivity contribution in [3.63, 3.8) is 0 Å². The molecular weight excluding hydrogens is 301 g/mol. The first-order valence-corrected chi connectivity index (χ1v) is 7.48. The summed E-state index contributed by atoms with van der Waals surface area (Å²) in [5.74, 6) is -1.04. The van der Waals surface area contributed by atoms with Crippen molar-refractivity contribution in [1.29, 1.82) is 0 Å². The van der Waals surface area contributed by atoms with Crippen LogP contribution in [-0.2, 0) is 14.3 Å². The number of benzene rings is 1. The van der Waals surface area contributed by atoms with Gasteiger partial charge in [-0.2, -0.15) is 0 Å². The predicted octanol–water partition coefficient (Wildman–Crippen LogP) is 3.54. The number of rotatable bonds is 5. The second kappa shape index (κ2) is 7.44. The van der Waals surface area contributed by atoms with E-state index in [2.05, 4.69) is 5.32 Å². The van der Waals surface area contributed by atoms with Gasteiger partial charge in [0.05, 0.1) is 6.61 Å². The maximum absolute atomic E-state index is 15.1. The fourth-order valence-electron chi connectivity index (χ4n) is 1.99. The molecule has 2 unspecified atom stereocenters. The molecule has 1 amide bonds. The molecule has 0 spiro atoms. The molecule has 0 radical (unpaired) electrons. The van der Waals surface area contributed by atoms with Crippen LogP contribution >= 0.6 is 0 Å². The molecule has 0 aliphatic rings. The molecule has 23 heavy (non-hydrogen) atoms. The van der Waals surface area contributed by atoms with E-state index in [-0.39, 0.29) is 6.61 Å². The summed E-state index contributed by atoms with van der Waals surface area (Å²) >= 11 is 0. The SMILES string of the molecule is CCOC(=O)C(C)(F)C(NC(=O)OC(C)(C)C)c1ccccc1. The molecule has 0 heterocycles. The van der Waals surface area contributed by atoms with Gasteiger partial charge in [0.1, 0.15) is 11.6 Å². The number of esters is 1. The fourth-order valence-corrected chi connectivity index (χ4v) is 1.99. The van der Waals surface area contributed by atoms with Gasteiger partial charge in [-0.1, -0.05) is 30.3 Å². The summed E-state index contributed by atoms with van der Waals surface area (Å²) < 4.78 is 25.0. The molecule has 0 aliphatic heterocycles. The van der Waals surface area contributed by atoms with Gasteiger partial charge in [-0.25, -0.2) is 14.0 Å². The third-order valence-electron chi connectivity index (χ3n) is 3.01. The largest absolute Gasteiger partial charge is 0.464 e. The lowest BCUT2D eigenvalue weighted by atomic mass is 9.91. The van der Waals surface area contributed by atoms with Gasteiger partial charge in [-0.3, -0.25) is 0 Å². The van der Waals surface area contributed by atoms with Crippen LogP contribution in [0.15, 0.2) is 30.3 Å². The third kappa shape index (κ3) is 5.54. The Bertz CT molecular complexity index is 537. The number of carbonyl (C=O) groups is 2. The molecule has 5 nitrogen and oxygen atoms in total. The lowest BCUT2D eigenvalue weighted by Gasteiger charge is -2.30. The number of alkyl carbamates (subject to hydrolysis) is 1. The van der Waals surface area contributed by atoms with Crippen LogP contribution in [0.5, 0.6) is 0 Å². The summed E-state index contributed by atoms with van der Waals surface area (Å²) in [4.78, 5) is 24.0. The molecule has 0 bridgehead atoms. The molecule has 6 heteroatoms. The maximum atomic E-state index is 15.1. The molecule has 1 rings (SSSR count). The van der Waals surface area contributed by atoms with Crippen molar-refractivity contribution in [2.75, 3.05) is 6.61 Å². The highest BCUT2D eigenvalue weighted by molar-refractivity contribution is 5.81. The minimum atomic E-state index is -2.44. The van der Waals surface area contributed by atoms with Gasteiger partial charge in [0.25, 0.3) is 0 Å². The molecule has 0 fully saturated rings. The van der Waals surface area contributed by atoms with Crippen molar-refractivity contribution in [1.82, 2.24) is 5.32 Å². The Hall–Kier alpha value is -2.11.